The summed E-state index contributed by atoms with van der Waals surface area (Å²) in [6, 6.07) is 9.56. The SMILES string of the molecule is CC(C)=O.O=C(CCc1ccccc1)OO. The van der Waals surface area contributed by atoms with Gasteiger partial charge in [-0.1, -0.05) is 30.3 Å². The Bertz CT molecular complexity index is 315. The Morgan fingerprint density at radius 1 is 1.19 bits per heavy atom. The highest BCUT2D eigenvalue weighted by atomic mass is 17.1. The van der Waals surface area contributed by atoms with Crippen LogP contribution in [-0.4, -0.2) is 17.0 Å². The van der Waals surface area contributed by atoms with Gasteiger partial charge >= 0.3 is 5.97 Å². The monoisotopic (exact) mass is 224 g/mol. The molecule has 0 saturated heterocycles. The fraction of sp³-hybridized carbons (Fsp3) is 0.333. The summed E-state index contributed by atoms with van der Waals surface area (Å²) in [6.45, 7) is 3.06. The third-order valence-electron chi connectivity index (χ3n) is 1.56. The average Bonchev–Trinajstić information content (AvgIpc) is 2.26. The first-order valence-electron chi connectivity index (χ1n) is 4.91. The lowest BCUT2D eigenvalue weighted by molar-refractivity contribution is -0.234. The van der Waals surface area contributed by atoms with Crippen LogP contribution in [0.2, 0.25) is 0 Å². The highest BCUT2D eigenvalue weighted by Gasteiger charge is 2.01. The topological polar surface area (TPSA) is 63.6 Å². The lowest BCUT2D eigenvalue weighted by Gasteiger charge is -1.97. The smallest absolute Gasteiger partial charge is 0.301 e. The first kappa shape index (κ1) is 14.3. The van der Waals surface area contributed by atoms with Gasteiger partial charge in [0.15, 0.2) is 0 Å². The van der Waals surface area contributed by atoms with Crippen molar-refractivity contribution >= 4 is 11.8 Å². The van der Waals surface area contributed by atoms with E-state index in [1.165, 1.54) is 13.8 Å². The van der Waals surface area contributed by atoms with E-state index in [1.807, 2.05) is 30.3 Å². The van der Waals surface area contributed by atoms with Crippen molar-refractivity contribution in [1.29, 1.82) is 0 Å². The third-order valence-corrected chi connectivity index (χ3v) is 1.56. The van der Waals surface area contributed by atoms with E-state index in [9.17, 15) is 9.59 Å². The minimum atomic E-state index is -0.598. The molecule has 0 aliphatic rings. The van der Waals surface area contributed by atoms with Crippen molar-refractivity contribution in [2.45, 2.75) is 26.7 Å². The highest BCUT2D eigenvalue weighted by molar-refractivity contribution is 5.72. The molecule has 1 rings (SSSR count). The Hall–Kier alpha value is -1.68. The number of rotatable bonds is 3. The van der Waals surface area contributed by atoms with E-state index in [-0.39, 0.29) is 12.2 Å². The Labute approximate surface area is 94.8 Å². The summed E-state index contributed by atoms with van der Waals surface area (Å²) in [5.74, 6) is -0.432. The molecular weight excluding hydrogens is 208 g/mol. The van der Waals surface area contributed by atoms with Crippen LogP contribution in [0.3, 0.4) is 0 Å². The van der Waals surface area contributed by atoms with Crippen LogP contribution < -0.4 is 0 Å². The van der Waals surface area contributed by atoms with E-state index >= 15 is 0 Å². The molecular formula is C12H16O4. The first-order chi connectivity index (χ1) is 7.56. The van der Waals surface area contributed by atoms with Crippen molar-refractivity contribution in [3.05, 3.63) is 35.9 Å². The lowest BCUT2D eigenvalue weighted by atomic mass is 10.1. The number of hydrogen-bond donors (Lipinski definition) is 1. The van der Waals surface area contributed by atoms with Gasteiger partial charge in [-0.3, -0.25) is 0 Å². The molecule has 0 unspecified atom stereocenters. The van der Waals surface area contributed by atoms with Gasteiger partial charge in [0.1, 0.15) is 5.78 Å². The Morgan fingerprint density at radius 3 is 2.12 bits per heavy atom. The Balaban J connectivity index is 0.000000487. The van der Waals surface area contributed by atoms with Gasteiger partial charge in [-0.2, -0.15) is 5.26 Å². The molecule has 0 atom stereocenters. The molecule has 0 heterocycles. The zero-order valence-corrected chi connectivity index (χ0v) is 9.47. The molecule has 4 nitrogen and oxygen atoms in total. The van der Waals surface area contributed by atoms with Crippen LogP contribution in [0, 0.1) is 0 Å². The van der Waals surface area contributed by atoms with Crippen LogP contribution in [0.15, 0.2) is 30.3 Å². The summed E-state index contributed by atoms with van der Waals surface area (Å²) in [5.41, 5.74) is 1.06. The van der Waals surface area contributed by atoms with Gasteiger partial charge < -0.3 is 9.68 Å². The molecule has 0 bridgehead atoms. The maximum atomic E-state index is 10.5. The third kappa shape index (κ3) is 8.90. The molecule has 0 amide bonds. The van der Waals surface area contributed by atoms with Gasteiger partial charge in [-0.15, -0.1) is 0 Å². The van der Waals surface area contributed by atoms with Crippen LogP contribution in [0.25, 0.3) is 0 Å². The molecule has 4 heteroatoms. The molecule has 0 fully saturated rings. The summed E-state index contributed by atoms with van der Waals surface area (Å²) < 4.78 is 0. The van der Waals surface area contributed by atoms with Crippen LogP contribution in [0.4, 0.5) is 0 Å². The van der Waals surface area contributed by atoms with Crippen molar-refractivity contribution in [3.63, 3.8) is 0 Å². The van der Waals surface area contributed by atoms with Crippen molar-refractivity contribution in [2.75, 3.05) is 0 Å². The minimum Gasteiger partial charge on any atom is -0.301 e. The van der Waals surface area contributed by atoms with Crippen LogP contribution in [-0.2, 0) is 20.9 Å². The molecule has 1 aromatic rings. The largest absolute Gasteiger partial charge is 0.342 e. The van der Waals surface area contributed by atoms with E-state index in [0.29, 0.717) is 6.42 Å². The second-order valence-electron chi connectivity index (χ2n) is 3.36. The molecule has 1 N–H and O–H groups in total. The lowest BCUT2D eigenvalue weighted by Crippen LogP contribution is -2.01. The Kier molecular flexibility index (Phi) is 7.71. The molecule has 0 aromatic heterocycles. The zero-order chi connectivity index (χ0) is 12.4. The summed E-state index contributed by atoms with van der Waals surface area (Å²) in [5, 5.41) is 7.96. The summed E-state index contributed by atoms with van der Waals surface area (Å²) >= 11 is 0. The molecule has 0 aliphatic heterocycles. The van der Waals surface area contributed by atoms with Gasteiger partial charge in [0.25, 0.3) is 0 Å². The molecule has 88 valence electrons. The van der Waals surface area contributed by atoms with E-state index < -0.39 is 5.97 Å². The highest BCUT2D eigenvalue weighted by Crippen LogP contribution is 2.02. The quantitative estimate of drug-likeness (QED) is 0.631. The number of ketones is 1. The van der Waals surface area contributed by atoms with Crippen LogP contribution in [0.5, 0.6) is 0 Å². The fourth-order valence-electron chi connectivity index (χ4n) is 0.937. The summed E-state index contributed by atoms with van der Waals surface area (Å²) in [6.07, 6.45) is 0.806. The molecule has 0 saturated carbocycles. The van der Waals surface area contributed by atoms with Gasteiger partial charge in [0, 0.05) is 0 Å². The maximum Gasteiger partial charge on any atom is 0.342 e. The molecule has 0 aliphatic carbocycles. The minimum absolute atomic E-state index is 0.167. The Morgan fingerprint density at radius 2 is 1.69 bits per heavy atom. The van der Waals surface area contributed by atoms with E-state index in [1.54, 1.807) is 0 Å². The number of Topliss-reactive ketones (excluding diaryl/α,β-unsaturated/α-hetero) is 1. The second-order valence-corrected chi connectivity index (χ2v) is 3.36. The number of benzene rings is 1. The normalized spacial score (nSPS) is 8.69. The van der Waals surface area contributed by atoms with Crippen LogP contribution >= 0.6 is 0 Å². The van der Waals surface area contributed by atoms with E-state index in [4.69, 9.17) is 5.26 Å². The molecule has 16 heavy (non-hydrogen) atoms. The molecule has 0 spiro atoms. The molecule has 0 radical (unpaired) electrons. The predicted octanol–water partition coefficient (Wildman–Crippen LogP) is 2.23. The average molecular weight is 224 g/mol. The summed E-state index contributed by atoms with van der Waals surface area (Å²) in [7, 11) is 0. The van der Waals surface area contributed by atoms with Crippen molar-refractivity contribution in [2.24, 2.45) is 0 Å². The predicted molar refractivity (Wildman–Crippen MR) is 59.8 cm³/mol. The summed E-state index contributed by atoms with van der Waals surface area (Å²) in [4.78, 5) is 23.5. The number of hydrogen-bond acceptors (Lipinski definition) is 4. The van der Waals surface area contributed by atoms with E-state index in [2.05, 4.69) is 4.89 Å². The first-order valence-corrected chi connectivity index (χ1v) is 4.91. The van der Waals surface area contributed by atoms with Crippen molar-refractivity contribution in [3.8, 4) is 0 Å². The van der Waals surface area contributed by atoms with Gasteiger partial charge in [0.2, 0.25) is 0 Å². The number of carbonyl (C=O) groups excluding carboxylic acids is 2. The maximum absolute atomic E-state index is 10.5. The van der Waals surface area contributed by atoms with Crippen LogP contribution in [0.1, 0.15) is 25.8 Å². The fourth-order valence-corrected chi connectivity index (χ4v) is 0.937. The van der Waals surface area contributed by atoms with Crippen molar-refractivity contribution < 1.29 is 19.7 Å². The number of aryl methyl sites for hydroxylation is 1. The van der Waals surface area contributed by atoms with Gasteiger partial charge in [-0.25, -0.2) is 4.79 Å². The standard InChI is InChI=1S/C9H10O3.C3H6O/c10-9(12-11)7-6-8-4-2-1-3-5-8;1-3(2)4/h1-5,11H,6-7H2;1-2H3. The number of carbonyl (C=O) groups is 2. The van der Waals surface area contributed by atoms with Gasteiger partial charge in [0.05, 0.1) is 6.42 Å². The molecule has 1 aromatic carbocycles. The van der Waals surface area contributed by atoms with Crippen molar-refractivity contribution in [1.82, 2.24) is 0 Å². The van der Waals surface area contributed by atoms with Gasteiger partial charge in [-0.05, 0) is 25.8 Å². The second kappa shape index (κ2) is 8.61. The van der Waals surface area contributed by atoms with E-state index in [0.717, 1.165) is 5.56 Å². The zero-order valence-electron chi connectivity index (χ0n) is 9.47.